The molecular weight excluding hydrogens is 238 g/mol. The zero-order chi connectivity index (χ0) is 13.2. The van der Waals surface area contributed by atoms with Gasteiger partial charge in [0.05, 0.1) is 16.7 Å². The number of nitrogens with one attached hydrogen (secondary N) is 1. The zero-order valence-corrected chi connectivity index (χ0v) is 10.7. The molecule has 0 saturated heterocycles. The van der Waals surface area contributed by atoms with Crippen molar-refractivity contribution in [1.29, 1.82) is 0 Å². The molecule has 0 amide bonds. The molecule has 19 heavy (non-hydrogen) atoms. The summed E-state index contributed by atoms with van der Waals surface area (Å²) in [4.78, 5) is 4.56. The lowest BCUT2D eigenvalue weighted by Crippen LogP contribution is -2.05. The van der Waals surface area contributed by atoms with Crippen molar-refractivity contribution in [3.63, 3.8) is 0 Å². The standard InChI is InChI=1S/C15H15N3O/c1-2-16-15-17-11-7-3-4-8-12(11)18(15)13-9-5-6-10-14(13)19/h3-10,19H,2H2,1H3,(H,16,17). The molecule has 0 unspecified atom stereocenters. The Morgan fingerprint density at radius 2 is 1.84 bits per heavy atom. The first-order chi connectivity index (χ1) is 9.31. The molecule has 3 aromatic rings. The van der Waals surface area contributed by atoms with Crippen molar-refractivity contribution in [3.8, 4) is 11.4 Å². The minimum Gasteiger partial charge on any atom is -0.506 e. The van der Waals surface area contributed by atoms with Gasteiger partial charge in [-0.05, 0) is 31.2 Å². The quantitative estimate of drug-likeness (QED) is 0.753. The second-order valence-corrected chi connectivity index (χ2v) is 4.28. The fraction of sp³-hybridized carbons (Fsp3) is 0.133. The van der Waals surface area contributed by atoms with Crippen molar-refractivity contribution in [1.82, 2.24) is 9.55 Å². The average molecular weight is 253 g/mol. The molecule has 0 aliphatic rings. The molecule has 96 valence electrons. The number of benzene rings is 2. The Morgan fingerprint density at radius 1 is 1.11 bits per heavy atom. The topological polar surface area (TPSA) is 50.1 Å². The minimum atomic E-state index is 0.241. The van der Waals surface area contributed by atoms with Crippen LogP contribution in [0.25, 0.3) is 16.7 Å². The second-order valence-electron chi connectivity index (χ2n) is 4.28. The monoisotopic (exact) mass is 253 g/mol. The number of nitrogens with zero attached hydrogens (tertiary/aromatic N) is 2. The fourth-order valence-corrected chi connectivity index (χ4v) is 2.20. The van der Waals surface area contributed by atoms with Gasteiger partial charge in [-0.25, -0.2) is 4.98 Å². The highest BCUT2D eigenvalue weighted by Gasteiger charge is 2.13. The number of aromatic hydroxyl groups is 1. The van der Waals surface area contributed by atoms with Gasteiger partial charge in [0.1, 0.15) is 5.75 Å². The van der Waals surface area contributed by atoms with Crippen LogP contribution in [-0.4, -0.2) is 21.2 Å². The van der Waals surface area contributed by atoms with E-state index in [9.17, 15) is 5.11 Å². The summed E-state index contributed by atoms with van der Waals surface area (Å²) in [6.07, 6.45) is 0. The summed E-state index contributed by atoms with van der Waals surface area (Å²) in [6.45, 7) is 2.80. The second kappa shape index (κ2) is 4.65. The maximum Gasteiger partial charge on any atom is 0.208 e. The Kier molecular flexibility index (Phi) is 2.83. The van der Waals surface area contributed by atoms with E-state index in [1.165, 1.54) is 0 Å². The van der Waals surface area contributed by atoms with Crippen LogP contribution in [0.2, 0.25) is 0 Å². The van der Waals surface area contributed by atoms with Crippen molar-refractivity contribution in [2.45, 2.75) is 6.92 Å². The van der Waals surface area contributed by atoms with Crippen LogP contribution in [0.4, 0.5) is 5.95 Å². The van der Waals surface area contributed by atoms with Gasteiger partial charge in [0.25, 0.3) is 0 Å². The number of aromatic nitrogens is 2. The Hall–Kier alpha value is -2.49. The Bertz CT molecular complexity index is 718. The molecule has 2 N–H and O–H groups in total. The largest absolute Gasteiger partial charge is 0.506 e. The molecule has 0 bridgehead atoms. The van der Waals surface area contributed by atoms with Crippen LogP contribution in [0.15, 0.2) is 48.5 Å². The number of hydrogen-bond donors (Lipinski definition) is 2. The third-order valence-corrected chi connectivity index (χ3v) is 3.02. The number of phenols is 1. The van der Waals surface area contributed by atoms with Crippen molar-refractivity contribution >= 4 is 17.0 Å². The normalized spacial score (nSPS) is 10.8. The SMILES string of the molecule is CCNc1nc2ccccc2n1-c1ccccc1O. The van der Waals surface area contributed by atoms with E-state index >= 15 is 0 Å². The predicted octanol–water partition coefficient (Wildman–Crippen LogP) is 3.16. The van der Waals surface area contributed by atoms with Gasteiger partial charge in [0, 0.05) is 6.54 Å². The fourth-order valence-electron chi connectivity index (χ4n) is 2.20. The molecule has 3 rings (SSSR count). The van der Waals surface area contributed by atoms with E-state index in [1.807, 2.05) is 54.0 Å². The van der Waals surface area contributed by atoms with Gasteiger partial charge < -0.3 is 10.4 Å². The zero-order valence-electron chi connectivity index (χ0n) is 10.7. The molecule has 4 nitrogen and oxygen atoms in total. The van der Waals surface area contributed by atoms with Crippen molar-refractivity contribution < 1.29 is 5.11 Å². The number of rotatable bonds is 3. The van der Waals surface area contributed by atoms with Crippen LogP contribution in [0.3, 0.4) is 0 Å². The number of imidazole rings is 1. The average Bonchev–Trinajstić information content (AvgIpc) is 2.78. The number of para-hydroxylation sites is 4. The molecule has 0 atom stereocenters. The number of fused-ring (bicyclic) bond motifs is 1. The molecule has 0 aliphatic heterocycles. The maximum atomic E-state index is 10.1. The Labute approximate surface area is 111 Å². The van der Waals surface area contributed by atoms with Crippen LogP contribution in [-0.2, 0) is 0 Å². The molecule has 1 aromatic heterocycles. The highest BCUT2D eigenvalue weighted by Crippen LogP contribution is 2.29. The summed E-state index contributed by atoms with van der Waals surface area (Å²) in [7, 11) is 0. The van der Waals surface area contributed by atoms with E-state index in [2.05, 4.69) is 10.3 Å². The van der Waals surface area contributed by atoms with Crippen molar-refractivity contribution in [2.24, 2.45) is 0 Å². The molecular formula is C15H15N3O. The minimum absolute atomic E-state index is 0.241. The van der Waals surface area contributed by atoms with E-state index in [0.717, 1.165) is 29.2 Å². The Morgan fingerprint density at radius 3 is 2.63 bits per heavy atom. The first-order valence-electron chi connectivity index (χ1n) is 6.31. The van der Waals surface area contributed by atoms with Crippen LogP contribution < -0.4 is 5.32 Å². The molecule has 1 heterocycles. The Balaban J connectivity index is 2.31. The van der Waals surface area contributed by atoms with E-state index in [4.69, 9.17) is 0 Å². The van der Waals surface area contributed by atoms with Gasteiger partial charge >= 0.3 is 0 Å². The summed E-state index contributed by atoms with van der Waals surface area (Å²) < 4.78 is 1.94. The summed E-state index contributed by atoms with van der Waals surface area (Å²) in [5, 5.41) is 13.3. The molecule has 4 heteroatoms. The van der Waals surface area contributed by atoms with Gasteiger partial charge in [-0.3, -0.25) is 4.57 Å². The predicted molar refractivity (Wildman–Crippen MR) is 76.9 cm³/mol. The molecule has 0 saturated carbocycles. The highest BCUT2D eigenvalue weighted by atomic mass is 16.3. The van der Waals surface area contributed by atoms with Crippen LogP contribution in [0.5, 0.6) is 5.75 Å². The van der Waals surface area contributed by atoms with Crippen LogP contribution >= 0.6 is 0 Å². The third-order valence-electron chi connectivity index (χ3n) is 3.02. The number of hydrogen-bond acceptors (Lipinski definition) is 3. The first kappa shape index (κ1) is 11.6. The van der Waals surface area contributed by atoms with E-state index in [1.54, 1.807) is 6.07 Å². The van der Waals surface area contributed by atoms with Crippen LogP contribution in [0, 0.1) is 0 Å². The van der Waals surface area contributed by atoms with Gasteiger partial charge in [0.15, 0.2) is 0 Å². The van der Waals surface area contributed by atoms with Crippen molar-refractivity contribution in [3.05, 3.63) is 48.5 Å². The summed E-state index contributed by atoms with van der Waals surface area (Å²) in [5.41, 5.74) is 2.61. The van der Waals surface area contributed by atoms with E-state index < -0.39 is 0 Å². The number of phenolic OH excluding ortho intramolecular Hbond substituents is 1. The summed E-state index contributed by atoms with van der Waals surface area (Å²) in [5.74, 6) is 0.981. The third kappa shape index (κ3) is 1.91. The van der Waals surface area contributed by atoms with Gasteiger partial charge in [-0.2, -0.15) is 0 Å². The van der Waals surface area contributed by atoms with E-state index in [0.29, 0.717) is 0 Å². The van der Waals surface area contributed by atoms with Gasteiger partial charge in [-0.15, -0.1) is 0 Å². The lowest BCUT2D eigenvalue weighted by molar-refractivity contribution is 0.473. The van der Waals surface area contributed by atoms with Gasteiger partial charge in [0.2, 0.25) is 5.95 Å². The first-order valence-corrected chi connectivity index (χ1v) is 6.31. The smallest absolute Gasteiger partial charge is 0.208 e. The van der Waals surface area contributed by atoms with Gasteiger partial charge in [-0.1, -0.05) is 24.3 Å². The van der Waals surface area contributed by atoms with Crippen LogP contribution in [0.1, 0.15) is 6.92 Å². The lowest BCUT2D eigenvalue weighted by atomic mass is 10.2. The molecule has 0 spiro atoms. The molecule has 0 fully saturated rings. The molecule has 0 radical (unpaired) electrons. The lowest BCUT2D eigenvalue weighted by Gasteiger charge is -2.11. The number of anilines is 1. The summed E-state index contributed by atoms with van der Waals surface area (Å²) >= 11 is 0. The van der Waals surface area contributed by atoms with Crippen molar-refractivity contribution in [2.75, 3.05) is 11.9 Å². The maximum absolute atomic E-state index is 10.1. The molecule has 0 aliphatic carbocycles. The summed E-state index contributed by atoms with van der Waals surface area (Å²) in [6, 6.07) is 15.2. The highest BCUT2D eigenvalue weighted by molar-refractivity contribution is 5.81. The molecule has 2 aromatic carbocycles. The van der Waals surface area contributed by atoms with E-state index in [-0.39, 0.29) is 5.75 Å².